The Morgan fingerprint density at radius 1 is 1.07 bits per heavy atom. The summed E-state index contributed by atoms with van der Waals surface area (Å²) in [5.74, 6) is -0.869. The summed E-state index contributed by atoms with van der Waals surface area (Å²) in [5.41, 5.74) is 1.20. The molecule has 0 aliphatic rings. The maximum atomic E-state index is 12.4. The van der Waals surface area contributed by atoms with Crippen molar-refractivity contribution in [1.82, 2.24) is 0 Å². The lowest BCUT2D eigenvalue weighted by Gasteiger charge is -2.10. The Labute approximate surface area is 169 Å². The number of anilines is 2. The Balaban J connectivity index is 2.06. The Bertz CT molecular complexity index is 959. The van der Waals surface area contributed by atoms with Gasteiger partial charge >= 0.3 is 5.97 Å². The van der Waals surface area contributed by atoms with Gasteiger partial charge in [-0.3, -0.25) is 9.52 Å². The fourth-order valence-electron chi connectivity index (χ4n) is 2.23. The van der Waals surface area contributed by atoms with Crippen molar-refractivity contribution in [2.45, 2.75) is 19.8 Å². The van der Waals surface area contributed by atoms with Crippen LogP contribution in [-0.4, -0.2) is 33.2 Å². The summed E-state index contributed by atoms with van der Waals surface area (Å²) in [6, 6.07) is 10.5. The van der Waals surface area contributed by atoms with Crippen LogP contribution in [0.5, 0.6) is 0 Å². The normalized spacial score (nSPS) is 11.0. The van der Waals surface area contributed by atoms with Gasteiger partial charge in [0.15, 0.2) is 0 Å². The summed E-state index contributed by atoms with van der Waals surface area (Å²) in [4.78, 5) is 24.3. The van der Waals surface area contributed by atoms with Crippen molar-refractivity contribution >= 4 is 44.9 Å². The van der Waals surface area contributed by atoms with E-state index in [1.54, 1.807) is 24.3 Å². The van der Waals surface area contributed by atoms with Gasteiger partial charge in [0.1, 0.15) is 0 Å². The number of hydrogen-bond donors (Lipinski definition) is 2. The van der Waals surface area contributed by atoms with Gasteiger partial charge in [-0.2, -0.15) is 0 Å². The molecule has 0 fully saturated rings. The number of amides is 1. The van der Waals surface area contributed by atoms with Crippen LogP contribution in [0.15, 0.2) is 42.5 Å². The van der Waals surface area contributed by atoms with Crippen LogP contribution in [-0.2, 0) is 14.8 Å². The lowest BCUT2D eigenvalue weighted by molar-refractivity contribution is 0.0499. The molecule has 0 aliphatic heterocycles. The molecule has 2 aromatic rings. The molecule has 0 bridgehead atoms. The van der Waals surface area contributed by atoms with Gasteiger partial charge in [-0.05, 0) is 48.9 Å². The van der Waals surface area contributed by atoms with E-state index in [4.69, 9.17) is 16.3 Å². The molecule has 0 unspecified atom stereocenters. The van der Waals surface area contributed by atoms with Gasteiger partial charge < -0.3 is 10.1 Å². The third-order valence-electron chi connectivity index (χ3n) is 3.63. The average Bonchev–Trinajstić information content (AvgIpc) is 2.63. The van der Waals surface area contributed by atoms with Crippen LogP contribution in [0.25, 0.3) is 0 Å². The fraction of sp³-hybridized carbons (Fsp3) is 0.263. The smallest absolute Gasteiger partial charge is 0.338 e. The summed E-state index contributed by atoms with van der Waals surface area (Å²) in [7, 11) is -3.53. The third-order valence-corrected chi connectivity index (χ3v) is 4.55. The van der Waals surface area contributed by atoms with Crippen LogP contribution < -0.4 is 10.0 Å². The highest BCUT2D eigenvalue weighted by molar-refractivity contribution is 7.92. The highest BCUT2D eigenvalue weighted by Crippen LogP contribution is 2.24. The molecule has 0 radical (unpaired) electrons. The Hall–Kier alpha value is -2.58. The maximum Gasteiger partial charge on any atom is 0.338 e. The van der Waals surface area contributed by atoms with E-state index in [0.29, 0.717) is 17.9 Å². The number of sulfonamides is 1. The van der Waals surface area contributed by atoms with Gasteiger partial charge in [0, 0.05) is 11.3 Å². The minimum Gasteiger partial charge on any atom is -0.462 e. The summed E-state index contributed by atoms with van der Waals surface area (Å²) < 4.78 is 30.2. The maximum absolute atomic E-state index is 12.4. The largest absolute Gasteiger partial charge is 0.462 e. The second-order valence-electron chi connectivity index (χ2n) is 6.09. The zero-order chi connectivity index (χ0) is 20.7. The SMILES string of the molecule is CCCCOC(=O)c1ccc(NC(=O)c2ccc(Cl)c(NS(C)(=O)=O)c2)cc1. The van der Waals surface area contributed by atoms with Gasteiger partial charge in [-0.25, -0.2) is 13.2 Å². The number of carbonyl (C=O) groups excluding carboxylic acids is 2. The van der Waals surface area contributed by atoms with E-state index in [1.165, 1.54) is 18.2 Å². The Kier molecular flexibility index (Phi) is 7.42. The van der Waals surface area contributed by atoms with Crippen LogP contribution in [0.3, 0.4) is 0 Å². The molecule has 0 heterocycles. The topological polar surface area (TPSA) is 102 Å². The van der Waals surface area contributed by atoms with Crippen molar-refractivity contribution in [1.29, 1.82) is 0 Å². The zero-order valence-electron chi connectivity index (χ0n) is 15.5. The summed E-state index contributed by atoms with van der Waals surface area (Å²) >= 11 is 5.96. The van der Waals surface area contributed by atoms with Crippen LogP contribution >= 0.6 is 11.6 Å². The number of carbonyl (C=O) groups is 2. The number of hydrogen-bond acceptors (Lipinski definition) is 5. The number of nitrogens with one attached hydrogen (secondary N) is 2. The molecular formula is C19H21ClN2O5S. The molecule has 0 saturated carbocycles. The Morgan fingerprint density at radius 3 is 2.32 bits per heavy atom. The predicted molar refractivity (Wildman–Crippen MR) is 110 cm³/mol. The first-order valence-electron chi connectivity index (χ1n) is 8.55. The van der Waals surface area contributed by atoms with Gasteiger partial charge in [0.05, 0.1) is 29.1 Å². The molecule has 7 nitrogen and oxygen atoms in total. The van der Waals surface area contributed by atoms with E-state index >= 15 is 0 Å². The predicted octanol–water partition coefficient (Wildman–Crippen LogP) is 3.92. The number of unbranched alkanes of at least 4 members (excludes halogenated alkanes) is 1. The molecule has 0 aromatic heterocycles. The molecule has 1 amide bonds. The molecule has 0 aliphatic carbocycles. The second kappa shape index (κ2) is 9.57. The van der Waals surface area contributed by atoms with Crippen molar-refractivity contribution < 1.29 is 22.7 Å². The van der Waals surface area contributed by atoms with Crippen molar-refractivity contribution in [3.8, 4) is 0 Å². The molecule has 2 aromatic carbocycles. The number of esters is 1. The first kappa shape index (κ1) is 21.7. The molecule has 2 rings (SSSR count). The number of ether oxygens (including phenoxy) is 1. The van der Waals surface area contributed by atoms with Gasteiger partial charge in [0.25, 0.3) is 5.91 Å². The monoisotopic (exact) mass is 424 g/mol. The molecule has 28 heavy (non-hydrogen) atoms. The highest BCUT2D eigenvalue weighted by atomic mass is 35.5. The first-order chi connectivity index (χ1) is 13.2. The van der Waals surface area contributed by atoms with Gasteiger partial charge in [0.2, 0.25) is 10.0 Å². The van der Waals surface area contributed by atoms with E-state index < -0.39 is 21.9 Å². The molecule has 0 saturated heterocycles. The van der Waals surface area contributed by atoms with E-state index in [9.17, 15) is 18.0 Å². The van der Waals surface area contributed by atoms with E-state index in [-0.39, 0.29) is 16.3 Å². The minimum absolute atomic E-state index is 0.113. The summed E-state index contributed by atoms with van der Waals surface area (Å²) in [6.07, 6.45) is 2.73. The number of rotatable bonds is 8. The van der Waals surface area contributed by atoms with Crippen molar-refractivity contribution in [3.05, 3.63) is 58.6 Å². The van der Waals surface area contributed by atoms with E-state index in [2.05, 4.69) is 10.0 Å². The standard InChI is InChI=1S/C19H21ClN2O5S/c1-3-4-11-27-19(24)13-5-8-15(9-6-13)21-18(23)14-7-10-16(20)17(12-14)22-28(2,25)26/h5-10,12,22H,3-4,11H2,1-2H3,(H,21,23). The highest BCUT2D eigenvalue weighted by Gasteiger charge is 2.13. The van der Waals surface area contributed by atoms with Crippen molar-refractivity contribution in [2.24, 2.45) is 0 Å². The van der Waals surface area contributed by atoms with Gasteiger partial charge in [-0.15, -0.1) is 0 Å². The number of halogens is 1. The van der Waals surface area contributed by atoms with E-state index in [0.717, 1.165) is 19.1 Å². The van der Waals surface area contributed by atoms with Crippen molar-refractivity contribution in [3.63, 3.8) is 0 Å². The molecule has 9 heteroatoms. The minimum atomic E-state index is -3.53. The molecule has 0 spiro atoms. The van der Waals surface area contributed by atoms with E-state index in [1.807, 2.05) is 6.92 Å². The first-order valence-corrected chi connectivity index (χ1v) is 10.8. The number of benzene rings is 2. The average molecular weight is 425 g/mol. The van der Waals surface area contributed by atoms with Crippen LogP contribution in [0.1, 0.15) is 40.5 Å². The van der Waals surface area contributed by atoms with Crippen LogP contribution in [0, 0.1) is 0 Å². The summed E-state index contributed by atoms with van der Waals surface area (Å²) in [6.45, 7) is 2.38. The zero-order valence-corrected chi connectivity index (χ0v) is 17.1. The fourth-order valence-corrected chi connectivity index (χ4v) is 3.02. The quantitative estimate of drug-likeness (QED) is 0.494. The third kappa shape index (κ3) is 6.54. The molecule has 150 valence electrons. The van der Waals surface area contributed by atoms with Crippen molar-refractivity contribution in [2.75, 3.05) is 22.9 Å². The Morgan fingerprint density at radius 2 is 1.71 bits per heavy atom. The second-order valence-corrected chi connectivity index (χ2v) is 8.25. The summed E-state index contributed by atoms with van der Waals surface area (Å²) in [5, 5.41) is 2.85. The lowest BCUT2D eigenvalue weighted by atomic mass is 10.1. The molecule has 0 atom stereocenters. The lowest BCUT2D eigenvalue weighted by Crippen LogP contribution is -2.14. The molecule has 2 N–H and O–H groups in total. The van der Waals surface area contributed by atoms with Gasteiger partial charge in [-0.1, -0.05) is 24.9 Å². The molecular weight excluding hydrogens is 404 g/mol. The van der Waals surface area contributed by atoms with Crippen LogP contribution in [0.4, 0.5) is 11.4 Å². The van der Waals surface area contributed by atoms with Crippen LogP contribution in [0.2, 0.25) is 5.02 Å².